The first-order chi connectivity index (χ1) is 14.5. The molecule has 152 valence electrons. The molecule has 0 aliphatic heterocycles. The number of hydrogen-bond donors (Lipinski definition) is 1. The van der Waals surface area contributed by atoms with Crippen LogP contribution in [0.5, 0.6) is 11.5 Å². The molecule has 0 radical (unpaired) electrons. The molecular formula is C24H21BrN2O3. The molecule has 0 heterocycles. The lowest BCUT2D eigenvalue weighted by Crippen LogP contribution is -2.23. The average molecular weight is 465 g/mol. The minimum atomic E-state index is -0.456. The molecule has 2 aromatic carbocycles. The van der Waals surface area contributed by atoms with Gasteiger partial charge in [0.1, 0.15) is 29.7 Å². The fourth-order valence-electron chi connectivity index (χ4n) is 2.68. The van der Waals surface area contributed by atoms with Gasteiger partial charge in [-0.05, 0) is 69.4 Å². The third-order valence-electron chi connectivity index (χ3n) is 4.10. The summed E-state index contributed by atoms with van der Waals surface area (Å²) in [6, 6.07) is 12.9. The Bertz CT molecular complexity index is 1030. The van der Waals surface area contributed by atoms with Gasteiger partial charge in [0, 0.05) is 6.54 Å². The minimum absolute atomic E-state index is 0.00254. The fourth-order valence-corrected chi connectivity index (χ4v) is 3.31. The van der Waals surface area contributed by atoms with Crippen molar-refractivity contribution in [3.63, 3.8) is 0 Å². The average Bonchev–Trinajstić information content (AvgIpc) is 2.75. The summed E-state index contributed by atoms with van der Waals surface area (Å²) in [6.45, 7) is 4.19. The van der Waals surface area contributed by atoms with Gasteiger partial charge in [-0.3, -0.25) is 4.79 Å². The van der Waals surface area contributed by atoms with Crippen molar-refractivity contribution in [1.82, 2.24) is 5.32 Å². The lowest BCUT2D eigenvalue weighted by Gasteiger charge is -2.12. The van der Waals surface area contributed by atoms with E-state index in [-0.39, 0.29) is 12.2 Å². The molecule has 0 aromatic heterocycles. The Hall–Kier alpha value is -3.48. The lowest BCUT2D eigenvalue weighted by atomic mass is 10.0. The molecule has 0 spiro atoms. The normalized spacial score (nSPS) is 10.5. The highest BCUT2D eigenvalue weighted by atomic mass is 79.9. The highest BCUT2D eigenvalue weighted by Crippen LogP contribution is 2.32. The third kappa shape index (κ3) is 6.27. The number of carbonyl (C=O) groups excluding carboxylic acids is 1. The molecule has 0 saturated heterocycles. The van der Waals surface area contributed by atoms with Gasteiger partial charge in [-0.1, -0.05) is 24.1 Å². The molecule has 0 aliphatic rings. The SMILES string of the molecule is C#CCOc1c(Br)cc(/C=C(/C#N)C(=O)NCc2ccc(OC)cc2)cc1CC=C. The van der Waals surface area contributed by atoms with E-state index in [0.29, 0.717) is 28.8 Å². The second-order valence-corrected chi connectivity index (χ2v) is 7.03. The molecule has 2 rings (SSSR count). The molecule has 5 nitrogen and oxygen atoms in total. The number of nitrogens with zero attached hydrogens (tertiary/aromatic N) is 1. The summed E-state index contributed by atoms with van der Waals surface area (Å²) in [4.78, 5) is 12.5. The highest BCUT2D eigenvalue weighted by molar-refractivity contribution is 9.10. The molecule has 0 aliphatic carbocycles. The number of benzene rings is 2. The molecule has 0 bridgehead atoms. The Kier molecular flexibility index (Phi) is 8.75. The van der Waals surface area contributed by atoms with E-state index in [1.165, 1.54) is 6.08 Å². The molecule has 30 heavy (non-hydrogen) atoms. The van der Waals surface area contributed by atoms with Crippen molar-refractivity contribution in [2.45, 2.75) is 13.0 Å². The zero-order chi connectivity index (χ0) is 21.9. The third-order valence-corrected chi connectivity index (χ3v) is 4.68. The predicted octanol–water partition coefficient (Wildman–Crippen LogP) is 4.42. The molecule has 2 aromatic rings. The van der Waals surface area contributed by atoms with Gasteiger partial charge in [-0.25, -0.2) is 0 Å². The van der Waals surface area contributed by atoms with E-state index in [0.717, 1.165) is 16.9 Å². The summed E-state index contributed by atoms with van der Waals surface area (Å²) in [5.41, 5.74) is 2.42. The molecule has 0 fully saturated rings. The standard InChI is InChI=1S/C24H21BrN2O3/c1-4-6-19-12-18(14-22(25)23(19)30-11-5-2)13-20(15-26)24(28)27-16-17-7-9-21(29-3)10-8-17/h2,4,7-10,12-14H,1,6,11,16H2,3H3,(H,27,28)/b20-13-. The highest BCUT2D eigenvalue weighted by Gasteiger charge is 2.13. The summed E-state index contributed by atoms with van der Waals surface area (Å²) in [6.07, 6.45) is 9.10. The van der Waals surface area contributed by atoms with E-state index in [9.17, 15) is 10.1 Å². The number of nitrogens with one attached hydrogen (secondary N) is 1. The van der Waals surface area contributed by atoms with Crippen LogP contribution in [0.15, 0.2) is 59.1 Å². The Labute approximate surface area is 185 Å². The second kappa shape index (κ2) is 11.5. The molecular weight excluding hydrogens is 444 g/mol. The number of halogens is 1. The smallest absolute Gasteiger partial charge is 0.262 e. The van der Waals surface area contributed by atoms with E-state index in [1.807, 2.05) is 36.4 Å². The van der Waals surface area contributed by atoms with Crippen LogP contribution in [0.2, 0.25) is 0 Å². The number of amides is 1. The first-order valence-corrected chi connectivity index (χ1v) is 9.84. The monoisotopic (exact) mass is 464 g/mol. The summed E-state index contributed by atoms with van der Waals surface area (Å²) in [5, 5.41) is 12.2. The molecule has 6 heteroatoms. The summed E-state index contributed by atoms with van der Waals surface area (Å²) in [5.74, 6) is 3.33. The summed E-state index contributed by atoms with van der Waals surface area (Å²) >= 11 is 3.47. The van der Waals surface area contributed by atoms with Crippen molar-refractivity contribution < 1.29 is 14.3 Å². The van der Waals surface area contributed by atoms with Gasteiger partial charge in [0.2, 0.25) is 0 Å². The van der Waals surface area contributed by atoms with Crippen LogP contribution in [0.25, 0.3) is 6.08 Å². The number of nitriles is 1. The van der Waals surface area contributed by atoms with Crippen molar-refractivity contribution >= 4 is 27.9 Å². The van der Waals surface area contributed by atoms with E-state index < -0.39 is 5.91 Å². The van der Waals surface area contributed by atoms with Crippen LogP contribution in [0.4, 0.5) is 0 Å². The molecule has 1 N–H and O–H groups in total. The lowest BCUT2D eigenvalue weighted by molar-refractivity contribution is -0.117. The van der Waals surface area contributed by atoms with Crippen LogP contribution < -0.4 is 14.8 Å². The van der Waals surface area contributed by atoms with Crippen molar-refractivity contribution in [2.75, 3.05) is 13.7 Å². The molecule has 0 unspecified atom stereocenters. The summed E-state index contributed by atoms with van der Waals surface area (Å²) in [7, 11) is 1.59. The van der Waals surface area contributed by atoms with Gasteiger partial charge in [0.25, 0.3) is 5.91 Å². The maximum Gasteiger partial charge on any atom is 0.262 e. The molecule has 1 amide bonds. The Morgan fingerprint density at radius 2 is 2.07 bits per heavy atom. The number of allylic oxidation sites excluding steroid dienone is 1. The van der Waals surface area contributed by atoms with Crippen LogP contribution in [0.1, 0.15) is 16.7 Å². The van der Waals surface area contributed by atoms with E-state index in [1.54, 1.807) is 19.3 Å². The number of ether oxygens (including phenoxy) is 2. The van der Waals surface area contributed by atoms with E-state index in [2.05, 4.69) is 33.7 Å². The Morgan fingerprint density at radius 3 is 2.67 bits per heavy atom. The van der Waals surface area contributed by atoms with Crippen molar-refractivity contribution in [3.8, 4) is 29.9 Å². The Morgan fingerprint density at radius 1 is 1.33 bits per heavy atom. The van der Waals surface area contributed by atoms with Crippen molar-refractivity contribution in [2.24, 2.45) is 0 Å². The van der Waals surface area contributed by atoms with Crippen LogP contribution >= 0.6 is 15.9 Å². The maximum atomic E-state index is 12.5. The van der Waals surface area contributed by atoms with Gasteiger partial charge < -0.3 is 14.8 Å². The van der Waals surface area contributed by atoms with Crippen LogP contribution in [-0.2, 0) is 17.8 Å². The van der Waals surface area contributed by atoms with Gasteiger partial charge in [0.15, 0.2) is 0 Å². The Balaban J connectivity index is 2.20. The maximum absolute atomic E-state index is 12.5. The fraction of sp³-hybridized carbons (Fsp3) is 0.167. The molecule has 0 saturated carbocycles. The topological polar surface area (TPSA) is 71.3 Å². The predicted molar refractivity (Wildman–Crippen MR) is 121 cm³/mol. The van der Waals surface area contributed by atoms with Gasteiger partial charge in [-0.15, -0.1) is 13.0 Å². The van der Waals surface area contributed by atoms with Crippen LogP contribution in [0, 0.1) is 23.7 Å². The number of carbonyl (C=O) groups is 1. The zero-order valence-corrected chi connectivity index (χ0v) is 18.2. The van der Waals surface area contributed by atoms with Gasteiger partial charge in [-0.2, -0.15) is 5.26 Å². The number of methoxy groups -OCH3 is 1. The first-order valence-electron chi connectivity index (χ1n) is 9.04. The summed E-state index contributed by atoms with van der Waals surface area (Å²) < 4.78 is 11.4. The molecule has 0 atom stereocenters. The quantitative estimate of drug-likeness (QED) is 0.258. The number of rotatable bonds is 9. The largest absolute Gasteiger partial charge is 0.497 e. The van der Waals surface area contributed by atoms with Crippen molar-refractivity contribution in [1.29, 1.82) is 5.26 Å². The van der Waals surface area contributed by atoms with E-state index in [4.69, 9.17) is 15.9 Å². The number of terminal acetylenes is 1. The number of hydrogen-bond acceptors (Lipinski definition) is 4. The first kappa shape index (κ1) is 22.8. The second-order valence-electron chi connectivity index (χ2n) is 6.18. The zero-order valence-electron chi connectivity index (χ0n) is 16.6. The van der Waals surface area contributed by atoms with Crippen molar-refractivity contribution in [3.05, 3.63) is 75.8 Å². The van der Waals surface area contributed by atoms with Crippen LogP contribution in [-0.4, -0.2) is 19.6 Å². The van der Waals surface area contributed by atoms with Gasteiger partial charge in [0.05, 0.1) is 11.6 Å². The van der Waals surface area contributed by atoms with Gasteiger partial charge >= 0.3 is 0 Å². The van der Waals surface area contributed by atoms with Crippen LogP contribution in [0.3, 0.4) is 0 Å². The van der Waals surface area contributed by atoms with E-state index >= 15 is 0 Å². The minimum Gasteiger partial charge on any atom is -0.497 e.